The quantitative estimate of drug-likeness (QED) is 0.342. The maximum Gasteiger partial charge on any atom is 0.289 e. The summed E-state index contributed by atoms with van der Waals surface area (Å²) in [7, 11) is 0. The second kappa shape index (κ2) is 12.9. The van der Waals surface area contributed by atoms with Crippen LogP contribution in [0.2, 0.25) is 0 Å². The number of rotatable bonds is 9. The number of carbonyl (C=O) groups excluding carboxylic acids is 2. The first-order valence-corrected chi connectivity index (χ1v) is 14.4. The summed E-state index contributed by atoms with van der Waals surface area (Å²) in [6.45, 7) is 6.92. The molecule has 1 aliphatic heterocycles. The predicted molar refractivity (Wildman–Crippen MR) is 160 cm³/mol. The van der Waals surface area contributed by atoms with Crippen LogP contribution in [0.4, 0.5) is 5.69 Å². The first kappa shape index (κ1) is 27.5. The minimum atomic E-state index is -0.109. The van der Waals surface area contributed by atoms with Crippen LogP contribution in [0.3, 0.4) is 0 Å². The first-order chi connectivity index (χ1) is 19.5. The molecule has 2 amide bonds. The van der Waals surface area contributed by atoms with E-state index in [1.54, 1.807) is 12.1 Å². The van der Waals surface area contributed by atoms with Gasteiger partial charge in [0.1, 0.15) is 6.10 Å². The van der Waals surface area contributed by atoms with E-state index in [2.05, 4.69) is 54.4 Å². The van der Waals surface area contributed by atoms with Crippen LogP contribution in [0, 0.1) is 6.92 Å². The van der Waals surface area contributed by atoms with Crippen LogP contribution in [0.1, 0.15) is 59.7 Å². The number of likely N-dealkylation sites (N-methyl/N-ethyl adjacent to an activating group) is 1. The Morgan fingerprint density at radius 2 is 1.80 bits per heavy atom. The van der Waals surface area contributed by atoms with Crippen LogP contribution in [0.25, 0.3) is 6.08 Å². The van der Waals surface area contributed by atoms with Crippen molar-refractivity contribution in [3.05, 3.63) is 107 Å². The van der Waals surface area contributed by atoms with Crippen molar-refractivity contribution in [3.63, 3.8) is 0 Å². The molecule has 0 bridgehead atoms. The van der Waals surface area contributed by atoms with Gasteiger partial charge in [0.05, 0.1) is 6.04 Å². The van der Waals surface area contributed by atoms with Crippen molar-refractivity contribution in [2.24, 2.45) is 0 Å². The molecule has 0 spiro atoms. The van der Waals surface area contributed by atoms with E-state index in [0.29, 0.717) is 24.4 Å². The van der Waals surface area contributed by atoms with Crippen LogP contribution < -0.4 is 10.2 Å². The molecule has 3 aromatic rings. The highest BCUT2D eigenvalue weighted by molar-refractivity contribution is 5.97. The van der Waals surface area contributed by atoms with Crippen molar-refractivity contribution in [2.45, 2.75) is 58.2 Å². The molecule has 2 unspecified atom stereocenters. The van der Waals surface area contributed by atoms with Crippen molar-refractivity contribution in [3.8, 4) is 0 Å². The maximum absolute atomic E-state index is 13.6. The molecular weight excluding hydrogens is 498 g/mol. The zero-order valence-corrected chi connectivity index (χ0v) is 23.5. The van der Waals surface area contributed by atoms with Crippen molar-refractivity contribution in [1.82, 2.24) is 10.2 Å². The Labute approximate surface area is 237 Å². The number of hydrogen-bond acceptors (Lipinski definition) is 4. The highest BCUT2D eigenvalue weighted by Gasteiger charge is 2.41. The van der Waals surface area contributed by atoms with Gasteiger partial charge in [-0.1, -0.05) is 66.6 Å². The number of benzene rings is 3. The molecular formula is C34H39N3O3. The number of nitrogens with zero attached hydrogens (tertiary/aromatic N) is 2. The summed E-state index contributed by atoms with van der Waals surface area (Å²) < 4.78 is 6.28. The third kappa shape index (κ3) is 6.56. The van der Waals surface area contributed by atoms with Gasteiger partial charge in [0.25, 0.3) is 11.8 Å². The fourth-order valence-corrected chi connectivity index (χ4v) is 5.77. The van der Waals surface area contributed by atoms with E-state index in [9.17, 15) is 9.59 Å². The van der Waals surface area contributed by atoms with Crippen molar-refractivity contribution in [1.29, 1.82) is 0 Å². The zero-order chi connectivity index (χ0) is 27.9. The number of para-hydroxylation sites is 1. The Hall–Kier alpha value is -4.06. The van der Waals surface area contributed by atoms with Gasteiger partial charge in [-0.3, -0.25) is 9.59 Å². The molecule has 2 aliphatic rings. The molecule has 1 N–H and O–H groups in total. The van der Waals surface area contributed by atoms with Gasteiger partial charge in [-0.25, -0.2) is 0 Å². The number of amides is 2. The second-order valence-corrected chi connectivity index (χ2v) is 10.7. The molecule has 208 valence electrons. The highest BCUT2D eigenvalue weighted by Crippen LogP contribution is 2.34. The second-order valence-electron chi connectivity index (χ2n) is 10.7. The van der Waals surface area contributed by atoms with Crippen molar-refractivity contribution >= 4 is 23.6 Å². The summed E-state index contributed by atoms with van der Waals surface area (Å²) >= 11 is 0. The molecule has 6 heteroatoms. The third-order valence-corrected chi connectivity index (χ3v) is 7.89. The average molecular weight is 538 g/mol. The maximum atomic E-state index is 13.6. The summed E-state index contributed by atoms with van der Waals surface area (Å²) in [4.78, 5) is 30.6. The Bertz CT molecular complexity index is 1340. The summed E-state index contributed by atoms with van der Waals surface area (Å²) in [6, 6.07) is 26.0. The molecule has 1 saturated heterocycles. The third-order valence-electron chi connectivity index (χ3n) is 7.89. The van der Waals surface area contributed by atoms with E-state index in [0.717, 1.165) is 55.6 Å². The van der Waals surface area contributed by atoms with Crippen LogP contribution in [-0.4, -0.2) is 48.5 Å². The summed E-state index contributed by atoms with van der Waals surface area (Å²) in [5, 5.41) is 3.02. The van der Waals surface area contributed by atoms with E-state index in [4.69, 9.17) is 4.74 Å². The predicted octanol–water partition coefficient (Wildman–Crippen LogP) is 5.96. The number of nitrogens with one attached hydrogen (secondary N) is 1. The molecule has 40 heavy (non-hydrogen) atoms. The minimum absolute atomic E-state index is 0.0196. The van der Waals surface area contributed by atoms with E-state index >= 15 is 0 Å². The van der Waals surface area contributed by atoms with Gasteiger partial charge in [-0.15, -0.1) is 0 Å². The molecule has 5 rings (SSSR count). The molecule has 2 fully saturated rings. The fourth-order valence-electron chi connectivity index (χ4n) is 5.77. The number of morpholine rings is 1. The molecule has 1 heterocycles. The summed E-state index contributed by atoms with van der Waals surface area (Å²) in [6.07, 6.45) is 6.00. The van der Waals surface area contributed by atoms with Gasteiger partial charge in [0.2, 0.25) is 0 Å². The first-order valence-electron chi connectivity index (χ1n) is 14.4. The Morgan fingerprint density at radius 1 is 1.02 bits per heavy atom. The van der Waals surface area contributed by atoms with Crippen molar-refractivity contribution in [2.75, 3.05) is 24.5 Å². The number of aryl methyl sites for hydroxylation is 1. The molecule has 0 aromatic heterocycles. The van der Waals surface area contributed by atoms with Gasteiger partial charge in [0, 0.05) is 37.4 Å². The van der Waals surface area contributed by atoms with Crippen LogP contribution >= 0.6 is 0 Å². The van der Waals surface area contributed by atoms with Crippen LogP contribution in [0.15, 0.2) is 84.6 Å². The Balaban J connectivity index is 1.24. The lowest BCUT2D eigenvalue weighted by Crippen LogP contribution is -2.54. The van der Waals surface area contributed by atoms with E-state index in [1.807, 2.05) is 47.4 Å². The molecule has 2 atom stereocenters. The number of hydrogen-bond donors (Lipinski definition) is 1. The van der Waals surface area contributed by atoms with E-state index < -0.39 is 0 Å². The lowest BCUT2D eigenvalue weighted by molar-refractivity contribution is -0.149. The fraction of sp³-hybridized carbons (Fsp3) is 0.353. The molecule has 6 nitrogen and oxygen atoms in total. The molecule has 0 radical (unpaired) electrons. The minimum Gasteiger partial charge on any atom is -0.482 e. The van der Waals surface area contributed by atoms with Gasteiger partial charge in [0.15, 0.2) is 5.76 Å². The highest BCUT2D eigenvalue weighted by atomic mass is 16.5. The number of ether oxygens (including phenoxy) is 1. The largest absolute Gasteiger partial charge is 0.482 e. The standard InChI is InChI=1S/C34H39N3O3/c1-3-36(29-12-5-4-6-13-29)21-20-35-33(38)28-18-16-26(17-19-28)23-32-34(39)37(24-27-11-9-10-25(2)22-27)30-14-7-8-15-31(30)40-32/h4-6,9-13,16-19,22-23,30-31H,3,7-8,14-15,20-21,24H2,1-2H3,(H,35,38)/b32-23+. The Kier molecular flexibility index (Phi) is 8.84. The molecule has 1 aliphatic carbocycles. The topological polar surface area (TPSA) is 61.9 Å². The molecule has 3 aromatic carbocycles. The lowest BCUT2D eigenvalue weighted by Gasteiger charge is -2.44. The SMILES string of the molecule is CCN(CCNC(=O)c1ccc(/C=C2/OC3CCCCC3N(Cc3cccc(C)c3)C2=O)cc1)c1ccccc1. The monoisotopic (exact) mass is 537 g/mol. The lowest BCUT2D eigenvalue weighted by atomic mass is 9.89. The smallest absolute Gasteiger partial charge is 0.289 e. The molecule has 1 saturated carbocycles. The Morgan fingerprint density at radius 3 is 2.55 bits per heavy atom. The zero-order valence-electron chi connectivity index (χ0n) is 23.5. The number of fused-ring (bicyclic) bond motifs is 1. The number of anilines is 1. The van der Waals surface area contributed by atoms with E-state index in [1.165, 1.54) is 5.56 Å². The van der Waals surface area contributed by atoms with Gasteiger partial charge < -0.3 is 19.9 Å². The van der Waals surface area contributed by atoms with Crippen molar-refractivity contribution < 1.29 is 14.3 Å². The summed E-state index contributed by atoms with van der Waals surface area (Å²) in [5.74, 6) is 0.210. The van der Waals surface area contributed by atoms with E-state index in [-0.39, 0.29) is 24.0 Å². The van der Waals surface area contributed by atoms with Crippen LogP contribution in [-0.2, 0) is 16.1 Å². The van der Waals surface area contributed by atoms with Gasteiger partial charge >= 0.3 is 0 Å². The summed E-state index contributed by atoms with van der Waals surface area (Å²) in [5.41, 5.74) is 4.91. The van der Waals surface area contributed by atoms with Gasteiger partial charge in [-0.2, -0.15) is 0 Å². The van der Waals surface area contributed by atoms with Gasteiger partial charge in [-0.05, 0) is 74.6 Å². The normalized spacial score (nSPS) is 19.6. The number of carbonyl (C=O) groups is 2. The van der Waals surface area contributed by atoms with Crippen LogP contribution in [0.5, 0.6) is 0 Å². The average Bonchev–Trinajstić information content (AvgIpc) is 2.98.